The molecule has 2 aromatic rings. The molecule has 0 spiro atoms. The Morgan fingerprint density at radius 3 is 2.52 bits per heavy atom. The van der Waals surface area contributed by atoms with Gasteiger partial charge in [-0.3, -0.25) is 14.9 Å². The van der Waals surface area contributed by atoms with Crippen molar-refractivity contribution in [3.05, 3.63) is 41.0 Å². The van der Waals surface area contributed by atoms with E-state index in [-0.39, 0.29) is 0 Å². The Labute approximate surface area is 143 Å². The van der Waals surface area contributed by atoms with Crippen molar-refractivity contribution in [1.29, 1.82) is 0 Å². The van der Waals surface area contributed by atoms with Crippen molar-refractivity contribution in [2.75, 3.05) is 26.2 Å². The highest BCUT2D eigenvalue weighted by molar-refractivity contribution is 6.30. The number of hydrogen-bond donors (Lipinski definition) is 1. The molecule has 3 rings (SSSR count). The molecule has 1 aromatic carbocycles. The van der Waals surface area contributed by atoms with E-state index >= 15 is 0 Å². The van der Waals surface area contributed by atoms with E-state index in [0.29, 0.717) is 6.04 Å². The molecule has 0 aliphatic carbocycles. The lowest BCUT2D eigenvalue weighted by Crippen LogP contribution is -2.49. The third-order valence-corrected chi connectivity index (χ3v) is 5.12. The summed E-state index contributed by atoms with van der Waals surface area (Å²) in [6.45, 7) is 10.1. The smallest absolute Gasteiger partial charge is 0.0695 e. The number of H-pyrrole nitrogens is 1. The molecule has 1 fully saturated rings. The second-order valence-electron chi connectivity index (χ2n) is 6.35. The highest BCUT2D eigenvalue weighted by atomic mass is 35.5. The fourth-order valence-electron chi connectivity index (χ4n) is 3.16. The van der Waals surface area contributed by atoms with Crippen LogP contribution in [0.2, 0.25) is 5.02 Å². The Balaban J connectivity index is 1.64. The molecule has 1 saturated heterocycles. The third-order valence-electron chi connectivity index (χ3n) is 4.87. The fraction of sp³-hybridized carbons (Fsp3) is 0.500. The van der Waals surface area contributed by atoms with Crippen LogP contribution in [0.3, 0.4) is 0 Å². The highest BCUT2D eigenvalue weighted by Crippen LogP contribution is 2.24. The average Bonchev–Trinajstić information content (AvgIpc) is 3.03. The number of nitrogens with one attached hydrogen (secondary N) is 1. The number of aromatic amines is 1. The predicted octanol–water partition coefficient (Wildman–Crippen LogP) is 3.65. The zero-order valence-corrected chi connectivity index (χ0v) is 14.7. The van der Waals surface area contributed by atoms with Crippen molar-refractivity contribution in [2.45, 2.75) is 32.9 Å². The van der Waals surface area contributed by atoms with Crippen LogP contribution in [0.25, 0.3) is 11.3 Å². The van der Waals surface area contributed by atoms with Crippen molar-refractivity contribution in [1.82, 2.24) is 20.0 Å². The monoisotopic (exact) mass is 332 g/mol. The van der Waals surface area contributed by atoms with Crippen molar-refractivity contribution in [2.24, 2.45) is 0 Å². The van der Waals surface area contributed by atoms with E-state index in [1.165, 1.54) is 12.0 Å². The van der Waals surface area contributed by atoms with Crippen LogP contribution in [0.15, 0.2) is 30.5 Å². The van der Waals surface area contributed by atoms with Crippen LogP contribution in [0, 0.1) is 0 Å². The molecule has 1 unspecified atom stereocenters. The molecule has 2 heterocycles. The Morgan fingerprint density at radius 2 is 1.87 bits per heavy atom. The quantitative estimate of drug-likeness (QED) is 0.907. The minimum atomic E-state index is 0.690. The summed E-state index contributed by atoms with van der Waals surface area (Å²) in [6, 6.07) is 8.62. The zero-order valence-electron chi connectivity index (χ0n) is 13.9. The van der Waals surface area contributed by atoms with Crippen LogP contribution in [-0.4, -0.2) is 52.2 Å². The molecule has 0 bridgehead atoms. The van der Waals surface area contributed by atoms with Gasteiger partial charge in [-0.25, -0.2) is 0 Å². The van der Waals surface area contributed by atoms with E-state index < -0.39 is 0 Å². The topological polar surface area (TPSA) is 35.2 Å². The van der Waals surface area contributed by atoms with E-state index in [4.69, 9.17) is 11.6 Å². The molecule has 1 aliphatic heterocycles. The number of halogens is 1. The maximum absolute atomic E-state index is 5.98. The third kappa shape index (κ3) is 3.94. The van der Waals surface area contributed by atoms with Crippen LogP contribution < -0.4 is 0 Å². The Kier molecular flexibility index (Phi) is 5.36. The van der Waals surface area contributed by atoms with Gasteiger partial charge in [0.25, 0.3) is 0 Å². The molecule has 5 heteroatoms. The first-order valence-electron chi connectivity index (χ1n) is 8.42. The van der Waals surface area contributed by atoms with Gasteiger partial charge >= 0.3 is 0 Å². The van der Waals surface area contributed by atoms with Crippen molar-refractivity contribution < 1.29 is 0 Å². The number of nitrogens with zero attached hydrogens (tertiary/aromatic N) is 3. The van der Waals surface area contributed by atoms with Gasteiger partial charge < -0.3 is 0 Å². The SMILES string of the molecule is CCC(C)N1CCN(Cc2cn[nH]c2-c2ccc(Cl)cc2)CC1. The first-order chi connectivity index (χ1) is 11.2. The summed E-state index contributed by atoms with van der Waals surface area (Å²) in [4.78, 5) is 5.11. The standard InChI is InChI=1S/C18H25ClN4/c1-3-14(2)23-10-8-22(9-11-23)13-16-12-20-21-18(16)15-4-6-17(19)7-5-15/h4-7,12,14H,3,8-11,13H2,1-2H3,(H,20,21). The number of aromatic nitrogens is 2. The molecule has 1 aromatic heterocycles. The minimum Gasteiger partial charge on any atom is -0.298 e. The molecule has 1 N–H and O–H groups in total. The molecule has 1 aliphatic rings. The Morgan fingerprint density at radius 1 is 1.17 bits per heavy atom. The largest absolute Gasteiger partial charge is 0.298 e. The van der Waals surface area contributed by atoms with Crippen molar-refractivity contribution in [3.63, 3.8) is 0 Å². The van der Waals surface area contributed by atoms with Crippen molar-refractivity contribution in [3.8, 4) is 11.3 Å². The van der Waals surface area contributed by atoms with Crippen LogP contribution >= 0.6 is 11.6 Å². The Bertz CT molecular complexity index is 614. The summed E-state index contributed by atoms with van der Waals surface area (Å²) in [5, 5.41) is 8.15. The summed E-state index contributed by atoms with van der Waals surface area (Å²) in [5.74, 6) is 0. The number of hydrogen-bond acceptors (Lipinski definition) is 3. The maximum atomic E-state index is 5.98. The van der Waals surface area contributed by atoms with Gasteiger partial charge in [0.1, 0.15) is 0 Å². The van der Waals surface area contributed by atoms with Gasteiger partial charge in [-0.15, -0.1) is 0 Å². The predicted molar refractivity (Wildman–Crippen MR) is 95.6 cm³/mol. The molecule has 124 valence electrons. The van der Waals surface area contributed by atoms with Gasteiger partial charge in [-0.2, -0.15) is 5.10 Å². The second kappa shape index (κ2) is 7.47. The normalized spacial score (nSPS) is 18.2. The minimum absolute atomic E-state index is 0.690. The van der Waals surface area contributed by atoms with Gasteiger partial charge in [0, 0.05) is 49.4 Å². The van der Waals surface area contributed by atoms with E-state index in [0.717, 1.165) is 49.0 Å². The van der Waals surface area contributed by atoms with Crippen LogP contribution in [0.1, 0.15) is 25.8 Å². The lowest BCUT2D eigenvalue weighted by atomic mass is 10.1. The van der Waals surface area contributed by atoms with E-state index in [1.54, 1.807) is 0 Å². The van der Waals surface area contributed by atoms with Crippen LogP contribution in [-0.2, 0) is 6.54 Å². The van der Waals surface area contributed by atoms with Gasteiger partial charge in [-0.1, -0.05) is 30.7 Å². The van der Waals surface area contributed by atoms with Gasteiger partial charge in [0.05, 0.1) is 11.9 Å². The number of benzene rings is 1. The summed E-state index contributed by atoms with van der Waals surface area (Å²) in [6.07, 6.45) is 3.17. The maximum Gasteiger partial charge on any atom is 0.0695 e. The molecular weight excluding hydrogens is 308 g/mol. The summed E-state index contributed by atoms with van der Waals surface area (Å²) in [7, 11) is 0. The van der Waals surface area contributed by atoms with E-state index in [2.05, 4.69) is 33.8 Å². The van der Waals surface area contributed by atoms with E-state index in [1.807, 2.05) is 30.5 Å². The second-order valence-corrected chi connectivity index (χ2v) is 6.78. The van der Waals surface area contributed by atoms with Gasteiger partial charge in [0.15, 0.2) is 0 Å². The van der Waals surface area contributed by atoms with Gasteiger partial charge in [-0.05, 0) is 31.0 Å². The number of rotatable bonds is 5. The molecular formula is C18H25ClN4. The average molecular weight is 333 g/mol. The molecule has 1 atom stereocenters. The Hall–Kier alpha value is -1.36. The van der Waals surface area contributed by atoms with Gasteiger partial charge in [0.2, 0.25) is 0 Å². The summed E-state index contributed by atoms with van der Waals surface area (Å²) < 4.78 is 0. The van der Waals surface area contributed by atoms with Crippen molar-refractivity contribution >= 4 is 11.6 Å². The lowest BCUT2D eigenvalue weighted by molar-refractivity contribution is 0.0964. The zero-order chi connectivity index (χ0) is 16.2. The van der Waals surface area contributed by atoms with Crippen LogP contribution in [0.4, 0.5) is 0 Å². The fourth-order valence-corrected chi connectivity index (χ4v) is 3.28. The molecule has 0 radical (unpaired) electrons. The highest BCUT2D eigenvalue weighted by Gasteiger charge is 2.21. The number of piperazine rings is 1. The summed E-state index contributed by atoms with van der Waals surface area (Å²) >= 11 is 5.98. The molecule has 23 heavy (non-hydrogen) atoms. The molecule has 0 amide bonds. The lowest BCUT2D eigenvalue weighted by Gasteiger charge is -2.37. The first kappa shape index (κ1) is 16.5. The van der Waals surface area contributed by atoms with E-state index in [9.17, 15) is 0 Å². The first-order valence-corrected chi connectivity index (χ1v) is 8.79. The molecule has 4 nitrogen and oxygen atoms in total. The summed E-state index contributed by atoms with van der Waals surface area (Å²) in [5.41, 5.74) is 3.50. The molecule has 0 saturated carbocycles. The van der Waals surface area contributed by atoms with Crippen LogP contribution in [0.5, 0.6) is 0 Å².